The van der Waals surface area contributed by atoms with Gasteiger partial charge in [-0.3, -0.25) is 0 Å². The fourth-order valence-electron chi connectivity index (χ4n) is 5.72. The van der Waals surface area contributed by atoms with Gasteiger partial charge in [0.25, 0.3) is 0 Å². The van der Waals surface area contributed by atoms with Crippen LogP contribution in [0.4, 0.5) is 0 Å². The van der Waals surface area contributed by atoms with Crippen LogP contribution in [0.15, 0.2) is 36.4 Å². The topological polar surface area (TPSA) is 58.9 Å². The van der Waals surface area contributed by atoms with Crippen LogP contribution in [0.5, 0.6) is 23.0 Å². The maximum absolute atomic E-state index is 10.5. The number of unbranched alkanes of at least 4 members (excludes halogenated alkanes) is 18. The zero-order chi connectivity index (χ0) is 30.8. The summed E-state index contributed by atoms with van der Waals surface area (Å²) in [6.07, 6.45) is 28.5. The van der Waals surface area contributed by atoms with E-state index in [9.17, 15) is 10.2 Å². The van der Waals surface area contributed by atoms with Gasteiger partial charge in [0.1, 0.15) is 23.0 Å². The lowest BCUT2D eigenvalue weighted by atomic mass is 10.0. The Morgan fingerprint density at radius 2 is 0.744 bits per heavy atom. The molecule has 43 heavy (non-hydrogen) atoms. The third-order valence-corrected chi connectivity index (χ3v) is 8.54. The van der Waals surface area contributed by atoms with E-state index in [2.05, 4.69) is 13.8 Å². The molecule has 0 unspecified atom stereocenters. The van der Waals surface area contributed by atoms with E-state index in [1.165, 1.54) is 116 Å². The summed E-state index contributed by atoms with van der Waals surface area (Å²) in [7, 11) is 0. The van der Waals surface area contributed by atoms with E-state index < -0.39 is 0 Å². The number of hydrogen-bond donors (Lipinski definition) is 2. The summed E-state index contributed by atoms with van der Waals surface area (Å²) in [6, 6.07) is 11.3. The van der Waals surface area contributed by atoms with Crippen LogP contribution in [0, 0.1) is 0 Å². The molecule has 0 heterocycles. The summed E-state index contributed by atoms with van der Waals surface area (Å²) < 4.78 is 11.8. The Hall–Kier alpha value is -2.36. The van der Waals surface area contributed by atoms with Crippen molar-refractivity contribution in [3.63, 3.8) is 0 Å². The first-order valence-corrected chi connectivity index (χ1v) is 18.0. The molecule has 0 aliphatic heterocycles. The summed E-state index contributed by atoms with van der Waals surface area (Å²) in [6.45, 7) is 5.94. The number of phenols is 2. The van der Waals surface area contributed by atoms with Gasteiger partial charge in [-0.05, 0) is 55.4 Å². The van der Waals surface area contributed by atoms with E-state index in [-0.39, 0.29) is 0 Å². The molecular formula is C39H64O4. The van der Waals surface area contributed by atoms with Crippen molar-refractivity contribution >= 4 is 0 Å². The maximum atomic E-state index is 10.5. The van der Waals surface area contributed by atoms with Crippen molar-refractivity contribution in [1.29, 1.82) is 0 Å². The number of hydrogen-bond acceptors (Lipinski definition) is 4. The molecule has 4 nitrogen and oxygen atoms in total. The van der Waals surface area contributed by atoms with Crippen molar-refractivity contribution in [2.75, 3.05) is 13.2 Å². The lowest BCUT2D eigenvalue weighted by Crippen LogP contribution is -1.99. The van der Waals surface area contributed by atoms with Gasteiger partial charge in [-0.25, -0.2) is 0 Å². The van der Waals surface area contributed by atoms with Gasteiger partial charge in [-0.15, -0.1) is 0 Å². The first kappa shape index (κ1) is 36.8. The Kier molecular flexibility index (Phi) is 21.4. The number of aromatic hydroxyl groups is 2. The molecule has 0 fully saturated rings. The minimum absolute atomic E-state index is 0.292. The van der Waals surface area contributed by atoms with Crippen LogP contribution in [0.2, 0.25) is 0 Å². The minimum Gasteiger partial charge on any atom is -0.508 e. The van der Waals surface area contributed by atoms with Gasteiger partial charge in [0.15, 0.2) is 0 Å². The molecule has 0 bridgehead atoms. The Balaban J connectivity index is 1.54. The molecule has 0 radical (unpaired) electrons. The molecule has 2 aromatic rings. The maximum Gasteiger partial charge on any atom is 0.122 e. The normalized spacial score (nSPS) is 11.2. The fourth-order valence-corrected chi connectivity index (χ4v) is 5.72. The van der Waals surface area contributed by atoms with Gasteiger partial charge in [0.05, 0.1) is 13.2 Å². The van der Waals surface area contributed by atoms with E-state index in [0.717, 1.165) is 54.7 Å². The molecule has 0 saturated heterocycles. The van der Waals surface area contributed by atoms with E-state index >= 15 is 0 Å². The summed E-state index contributed by atoms with van der Waals surface area (Å²) in [4.78, 5) is 0. The van der Waals surface area contributed by atoms with E-state index in [0.29, 0.717) is 24.7 Å². The Morgan fingerprint density at radius 3 is 1.07 bits per heavy atom. The second-order valence-corrected chi connectivity index (χ2v) is 12.5. The van der Waals surface area contributed by atoms with Crippen molar-refractivity contribution in [3.8, 4) is 23.0 Å². The largest absolute Gasteiger partial charge is 0.508 e. The van der Waals surface area contributed by atoms with Crippen LogP contribution in [-0.4, -0.2) is 23.4 Å². The average molecular weight is 597 g/mol. The van der Waals surface area contributed by atoms with Crippen molar-refractivity contribution in [2.24, 2.45) is 0 Å². The number of aryl methyl sites for hydroxylation is 2. The van der Waals surface area contributed by atoms with Gasteiger partial charge in [-0.1, -0.05) is 142 Å². The molecule has 244 valence electrons. The van der Waals surface area contributed by atoms with Crippen LogP contribution >= 0.6 is 0 Å². The summed E-state index contributed by atoms with van der Waals surface area (Å²) >= 11 is 0. The molecule has 2 N–H and O–H groups in total. The smallest absolute Gasteiger partial charge is 0.122 e. The summed E-state index contributed by atoms with van der Waals surface area (Å²) in [5.74, 6) is 2.06. The molecule has 0 spiro atoms. The first-order chi connectivity index (χ1) is 21.1. The average Bonchev–Trinajstić information content (AvgIpc) is 3.00. The van der Waals surface area contributed by atoms with Crippen molar-refractivity contribution in [2.45, 2.75) is 162 Å². The van der Waals surface area contributed by atoms with Gasteiger partial charge in [-0.2, -0.15) is 0 Å². The molecular weight excluding hydrogens is 532 g/mol. The molecule has 0 aliphatic rings. The van der Waals surface area contributed by atoms with Crippen LogP contribution < -0.4 is 9.47 Å². The zero-order valence-electron chi connectivity index (χ0n) is 27.9. The number of phenolic OH excluding ortho intramolecular Hbond substituents is 2. The lowest BCUT2D eigenvalue weighted by molar-refractivity contribution is 0.302. The predicted octanol–water partition coefficient (Wildman–Crippen LogP) is 11.9. The summed E-state index contributed by atoms with van der Waals surface area (Å²) in [5.41, 5.74) is 1.84. The molecule has 0 atom stereocenters. The van der Waals surface area contributed by atoms with Crippen LogP contribution in [0.1, 0.15) is 160 Å². The molecule has 4 heteroatoms. The van der Waals surface area contributed by atoms with E-state index in [4.69, 9.17) is 9.47 Å². The van der Waals surface area contributed by atoms with Gasteiger partial charge < -0.3 is 19.7 Å². The van der Waals surface area contributed by atoms with Crippen LogP contribution in [0.3, 0.4) is 0 Å². The fraction of sp³-hybridized carbons (Fsp3) is 0.692. The van der Waals surface area contributed by atoms with E-state index in [1.54, 1.807) is 12.1 Å². The SMILES string of the molecule is CCCCCCCCCCCCOc1ccc(CCCc2ccc(OCCCCCCCCCCCC)cc2O)c(O)c1. The standard InChI is InChI=1S/C39H64O4/c1-3-5-7-9-11-13-15-17-19-21-30-42-36-28-26-34(38(40)32-36)24-23-25-35-27-29-37(33-39(35)41)43-31-22-20-18-16-14-12-10-8-6-4-2/h26-29,32-33,40-41H,3-25,30-31H2,1-2H3. The van der Waals surface area contributed by atoms with Crippen LogP contribution in [-0.2, 0) is 12.8 Å². The highest BCUT2D eigenvalue weighted by Crippen LogP contribution is 2.28. The second kappa shape index (κ2) is 25.0. The lowest BCUT2D eigenvalue weighted by Gasteiger charge is -2.11. The molecule has 0 saturated carbocycles. The van der Waals surface area contributed by atoms with Crippen LogP contribution in [0.25, 0.3) is 0 Å². The molecule has 0 aliphatic carbocycles. The molecule has 0 amide bonds. The van der Waals surface area contributed by atoms with Gasteiger partial charge in [0.2, 0.25) is 0 Å². The quantitative estimate of drug-likeness (QED) is 0.0959. The molecule has 2 aromatic carbocycles. The monoisotopic (exact) mass is 596 g/mol. The van der Waals surface area contributed by atoms with Crippen molar-refractivity contribution < 1.29 is 19.7 Å². The molecule has 0 aromatic heterocycles. The number of rotatable bonds is 28. The van der Waals surface area contributed by atoms with Gasteiger partial charge >= 0.3 is 0 Å². The Bertz CT molecular complexity index is 865. The predicted molar refractivity (Wildman–Crippen MR) is 183 cm³/mol. The van der Waals surface area contributed by atoms with Crippen molar-refractivity contribution in [3.05, 3.63) is 47.5 Å². The van der Waals surface area contributed by atoms with Crippen molar-refractivity contribution in [1.82, 2.24) is 0 Å². The first-order valence-electron chi connectivity index (χ1n) is 18.0. The second-order valence-electron chi connectivity index (χ2n) is 12.5. The van der Waals surface area contributed by atoms with Gasteiger partial charge in [0, 0.05) is 12.1 Å². The number of benzene rings is 2. The third-order valence-electron chi connectivity index (χ3n) is 8.54. The Morgan fingerprint density at radius 1 is 0.419 bits per heavy atom. The highest BCUT2D eigenvalue weighted by atomic mass is 16.5. The minimum atomic E-state index is 0.292. The highest BCUT2D eigenvalue weighted by molar-refractivity contribution is 5.41. The molecule has 2 rings (SSSR count). The summed E-state index contributed by atoms with van der Waals surface area (Å²) in [5, 5.41) is 21.0. The zero-order valence-corrected chi connectivity index (χ0v) is 27.9. The third kappa shape index (κ3) is 18.1. The highest BCUT2D eigenvalue weighted by Gasteiger charge is 2.07. The Labute approximate surface area is 264 Å². The number of ether oxygens (including phenoxy) is 2. The van der Waals surface area contributed by atoms with E-state index in [1.807, 2.05) is 24.3 Å².